The van der Waals surface area contributed by atoms with Gasteiger partial charge in [0.25, 0.3) is 0 Å². The van der Waals surface area contributed by atoms with E-state index >= 15 is 0 Å². The highest BCUT2D eigenvalue weighted by atomic mass is 16.5. The van der Waals surface area contributed by atoms with Crippen LogP contribution in [0, 0.1) is 0 Å². The van der Waals surface area contributed by atoms with E-state index in [0.717, 1.165) is 31.2 Å². The van der Waals surface area contributed by atoms with Gasteiger partial charge in [-0.1, -0.05) is 108 Å². The van der Waals surface area contributed by atoms with Gasteiger partial charge in [-0.05, 0) is 47.2 Å². The van der Waals surface area contributed by atoms with Crippen molar-refractivity contribution in [3.63, 3.8) is 0 Å². The predicted molar refractivity (Wildman–Crippen MR) is 132 cm³/mol. The van der Waals surface area contributed by atoms with Crippen molar-refractivity contribution >= 4 is 22.8 Å². The van der Waals surface area contributed by atoms with Crippen LogP contribution in [0.2, 0.25) is 0 Å². The highest BCUT2D eigenvalue weighted by Crippen LogP contribution is 2.37. The van der Waals surface area contributed by atoms with Crippen LogP contribution >= 0.6 is 0 Å². The van der Waals surface area contributed by atoms with Crippen LogP contribution in [0.1, 0.15) is 114 Å². The lowest BCUT2D eigenvalue weighted by Gasteiger charge is -2.23. The van der Waals surface area contributed by atoms with E-state index in [4.69, 9.17) is 4.74 Å². The van der Waals surface area contributed by atoms with E-state index in [2.05, 4.69) is 56.3 Å². The summed E-state index contributed by atoms with van der Waals surface area (Å²) in [5, 5.41) is 2.51. The van der Waals surface area contributed by atoms with Crippen LogP contribution in [0.5, 0.6) is 0 Å². The summed E-state index contributed by atoms with van der Waals surface area (Å²) in [5.74, 6) is -0.0846. The van der Waals surface area contributed by atoms with Gasteiger partial charge in [0.05, 0.1) is 0 Å². The van der Waals surface area contributed by atoms with Crippen molar-refractivity contribution < 1.29 is 9.53 Å². The molecule has 1 aliphatic rings. The largest absolute Gasteiger partial charge is 0.453 e. The Bertz CT molecular complexity index is 864. The number of carbonyl (C=O) groups excluding carboxylic acids is 1. The molecule has 0 spiro atoms. The summed E-state index contributed by atoms with van der Waals surface area (Å²) < 4.78 is 5.85. The first kappa shape index (κ1) is 23.6. The molecule has 0 saturated carbocycles. The molecule has 2 aromatic rings. The third kappa shape index (κ3) is 6.69. The van der Waals surface area contributed by atoms with Gasteiger partial charge in [-0.25, -0.2) is 0 Å². The van der Waals surface area contributed by atoms with Crippen molar-refractivity contribution in [2.24, 2.45) is 0 Å². The van der Waals surface area contributed by atoms with Crippen LogP contribution in [-0.2, 0) is 16.0 Å². The minimum atomic E-state index is -0.260. The average Bonchev–Trinajstić information content (AvgIpc) is 2.78. The molecule has 0 heterocycles. The summed E-state index contributed by atoms with van der Waals surface area (Å²) in [5.41, 5.74) is 3.89. The van der Waals surface area contributed by atoms with E-state index in [0.29, 0.717) is 6.42 Å². The van der Waals surface area contributed by atoms with Crippen molar-refractivity contribution in [2.45, 2.75) is 103 Å². The fourth-order valence-corrected chi connectivity index (χ4v) is 4.68. The monoisotopic (exact) mass is 420 g/mol. The predicted octanol–water partition coefficient (Wildman–Crippen LogP) is 8.71. The third-order valence-corrected chi connectivity index (χ3v) is 6.50. The first-order valence-electron chi connectivity index (χ1n) is 12.7. The Morgan fingerprint density at radius 1 is 0.839 bits per heavy atom. The summed E-state index contributed by atoms with van der Waals surface area (Å²) >= 11 is 0. The van der Waals surface area contributed by atoms with Crippen LogP contribution in [-0.4, -0.2) is 5.97 Å². The summed E-state index contributed by atoms with van der Waals surface area (Å²) in [4.78, 5) is 12.3. The number of hydrogen-bond donors (Lipinski definition) is 0. The summed E-state index contributed by atoms with van der Waals surface area (Å²) in [6.45, 7) is 4.42. The molecule has 2 heteroatoms. The Balaban J connectivity index is 1.62. The van der Waals surface area contributed by atoms with Gasteiger partial charge >= 0.3 is 5.97 Å². The molecule has 0 aliphatic heterocycles. The second-order valence-electron chi connectivity index (χ2n) is 9.04. The van der Waals surface area contributed by atoms with E-state index in [1.54, 1.807) is 0 Å². The average molecular weight is 421 g/mol. The second-order valence-corrected chi connectivity index (χ2v) is 9.04. The van der Waals surface area contributed by atoms with E-state index < -0.39 is 0 Å². The smallest absolute Gasteiger partial charge is 0.306 e. The molecule has 1 atom stereocenters. The fraction of sp³-hybridized carbons (Fsp3) is 0.552. The van der Waals surface area contributed by atoms with Crippen molar-refractivity contribution in [2.75, 3.05) is 0 Å². The Hall–Kier alpha value is -2.09. The Morgan fingerprint density at radius 2 is 1.55 bits per heavy atom. The van der Waals surface area contributed by atoms with Crippen LogP contribution in [0.25, 0.3) is 16.8 Å². The number of unbranched alkanes of at least 4 members (excludes halogenated alkanes) is 9. The molecule has 1 unspecified atom stereocenters. The first-order valence-corrected chi connectivity index (χ1v) is 12.7. The Labute approximate surface area is 189 Å². The van der Waals surface area contributed by atoms with Gasteiger partial charge < -0.3 is 4.74 Å². The molecular formula is C29H40O2. The number of aryl methyl sites for hydroxylation is 1. The maximum absolute atomic E-state index is 12.3. The van der Waals surface area contributed by atoms with Crippen molar-refractivity contribution in [3.05, 3.63) is 53.1 Å². The quantitative estimate of drug-likeness (QED) is 0.226. The molecule has 0 amide bonds. The molecular weight excluding hydrogens is 380 g/mol. The molecule has 0 radical (unpaired) electrons. The van der Waals surface area contributed by atoms with Gasteiger partial charge in [0.2, 0.25) is 0 Å². The van der Waals surface area contributed by atoms with Gasteiger partial charge in [-0.15, -0.1) is 0 Å². The van der Waals surface area contributed by atoms with Crippen molar-refractivity contribution in [1.82, 2.24) is 0 Å². The topological polar surface area (TPSA) is 26.3 Å². The summed E-state index contributed by atoms with van der Waals surface area (Å²) in [6.07, 6.45) is 19.5. The summed E-state index contributed by atoms with van der Waals surface area (Å²) in [6, 6.07) is 10.9. The zero-order chi connectivity index (χ0) is 21.9. The molecule has 0 fully saturated rings. The standard InChI is InChI=1S/C29H40O2/c1-3-5-7-8-9-10-11-13-15-23-19-20-24-16-14-17-26-27(22-21-25(23)29(24)26)31-28(30)18-12-6-4-2/h14,16-17,19-22,27H,3-13,15,18H2,1-2H3. The number of rotatable bonds is 14. The molecule has 0 saturated heterocycles. The molecule has 2 aromatic carbocycles. The van der Waals surface area contributed by atoms with Gasteiger partial charge in [-0.3, -0.25) is 4.79 Å². The van der Waals surface area contributed by atoms with E-state index in [1.165, 1.54) is 73.3 Å². The minimum Gasteiger partial charge on any atom is -0.453 e. The Kier molecular flexibility index (Phi) is 9.65. The summed E-state index contributed by atoms with van der Waals surface area (Å²) in [7, 11) is 0. The minimum absolute atomic E-state index is 0.0846. The molecule has 3 rings (SSSR count). The SMILES string of the molecule is CCCCCCCCCCc1ccc2cccc3c2c1C=CC3OC(=O)CCCCC. The zero-order valence-corrected chi connectivity index (χ0v) is 19.6. The zero-order valence-electron chi connectivity index (χ0n) is 19.6. The number of carbonyl (C=O) groups is 1. The lowest BCUT2D eigenvalue weighted by Crippen LogP contribution is -2.12. The Morgan fingerprint density at radius 3 is 2.32 bits per heavy atom. The number of esters is 1. The van der Waals surface area contributed by atoms with Crippen LogP contribution < -0.4 is 0 Å². The van der Waals surface area contributed by atoms with Gasteiger partial charge in [0.15, 0.2) is 0 Å². The van der Waals surface area contributed by atoms with E-state index in [1.807, 2.05) is 0 Å². The van der Waals surface area contributed by atoms with Gasteiger partial charge in [0.1, 0.15) is 6.10 Å². The number of hydrogen-bond acceptors (Lipinski definition) is 2. The highest BCUT2D eigenvalue weighted by Gasteiger charge is 2.22. The molecule has 1 aliphatic carbocycles. The van der Waals surface area contributed by atoms with Crippen molar-refractivity contribution in [1.29, 1.82) is 0 Å². The molecule has 2 nitrogen and oxygen atoms in total. The van der Waals surface area contributed by atoms with Crippen LogP contribution in [0.3, 0.4) is 0 Å². The van der Waals surface area contributed by atoms with Gasteiger partial charge in [-0.2, -0.15) is 0 Å². The maximum Gasteiger partial charge on any atom is 0.306 e. The van der Waals surface area contributed by atoms with Gasteiger partial charge in [0, 0.05) is 12.0 Å². The van der Waals surface area contributed by atoms with E-state index in [-0.39, 0.29) is 12.1 Å². The van der Waals surface area contributed by atoms with Crippen LogP contribution in [0.15, 0.2) is 36.4 Å². The van der Waals surface area contributed by atoms with Crippen molar-refractivity contribution in [3.8, 4) is 0 Å². The number of ether oxygens (including phenoxy) is 1. The lowest BCUT2D eigenvalue weighted by atomic mass is 9.87. The molecule has 0 bridgehead atoms. The van der Waals surface area contributed by atoms with Crippen LogP contribution in [0.4, 0.5) is 0 Å². The highest BCUT2D eigenvalue weighted by molar-refractivity contribution is 5.97. The fourth-order valence-electron chi connectivity index (χ4n) is 4.68. The third-order valence-electron chi connectivity index (χ3n) is 6.50. The molecule has 0 aromatic heterocycles. The molecule has 0 N–H and O–H groups in total. The normalized spacial score (nSPS) is 14.8. The second kappa shape index (κ2) is 12.7. The first-order chi connectivity index (χ1) is 15.2. The van der Waals surface area contributed by atoms with E-state index in [9.17, 15) is 4.79 Å². The molecule has 31 heavy (non-hydrogen) atoms. The number of benzene rings is 2. The maximum atomic E-state index is 12.3. The lowest BCUT2D eigenvalue weighted by molar-refractivity contribution is -0.147. The molecule has 168 valence electrons.